The van der Waals surface area contributed by atoms with Crippen molar-refractivity contribution in [2.75, 3.05) is 26.8 Å². The summed E-state index contributed by atoms with van der Waals surface area (Å²) < 4.78 is 11.3. The predicted octanol–water partition coefficient (Wildman–Crippen LogP) is 3.90. The fourth-order valence-corrected chi connectivity index (χ4v) is 4.48. The molecule has 0 radical (unpaired) electrons. The van der Waals surface area contributed by atoms with Crippen molar-refractivity contribution < 1.29 is 14.3 Å². The van der Waals surface area contributed by atoms with Crippen molar-refractivity contribution >= 4 is 17.2 Å². The lowest BCUT2D eigenvalue weighted by Crippen LogP contribution is -2.43. The number of hydrogen-bond donors (Lipinski definition) is 0. The van der Waals surface area contributed by atoms with E-state index in [9.17, 15) is 4.79 Å². The molecule has 0 bridgehead atoms. The zero-order valence-corrected chi connectivity index (χ0v) is 18.9. The molecule has 162 valence electrons. The van der Waals surface area contributed by atoms with Crippen LogP contribution in [0.4, 0.5) is 0 Å². The average molecular weight is 438 g/mol. The number of ether oxygens (including phenoxy) is 2. The van der Waals surface area contributed by atoms with Crippen LogP contribution in [-0.4, -0.2) is 47.6 Å². The van der Waals surface area contributed by atoms with Crippen LogP contribution in [0.3, 0.4) is 0 Å². The van der Waals surface area contributed by atoms with Crippen LogP contribution in [0.25, 0.3) is 0 Å². The molecule has 1 aliphatic heterocycles. The molecule has 0 saturated carbocycles. The molecule has 4 rings (SSSR count). The standard InChI is InChI=1S/C24H27N3O3S/c1-16-9-19(10-18-5-4-6-21(11-18)29-3)12-22(25-16)23-14-27(7-8-30-23)24(28)13-20-15-31-17(2)26-20/h4-6,9,11-12,15,23H,7-8,10,13-14H2,1-3H3. The fourth-order valence-electron chi connectivity index (χ4n) is 3.86. The van der Waals surface area contributed by atoms with Crippen molar-refractivity contribution in [2.24, 2.45) is 0 Å². The van der Waals surface area contributed by atoms with Gasteiger partial charge in [0.05, 0.1) is 43.1 Å². The first-order valence-corrected chi connectivity index (χ1v) is 11.3. The molecule has 3 heterocycles. The van der Waals surface area contributed by atoms with E-state index in [1.807, 2.05) is 42.3 Å². The van der Waals surface area contributed by atoms with E-state index >= 15 is 0 Å². The fraction of sp³-hybridized carbons (Fsp3) is 0.375. The second-order valence-corrected chi connectivity index (χ2v) is 8.87. The zero-order valence-electron chi connectivity index (χ0n) is 18.1. The lowest BCUT2D eigenvalue weighted by molar-refractivity contribution is -0.138. The first kappa shape index (κ1) is 21.5. The van der Waals surface area contributed by atoms with Crippen molar-refractivity contribution in [3.8, 4) is 5.75 Å². The highest BCUT2D eigenvalue weighted by Gasteiger charge is 2.27. The first-order chi connectivity index (χ1) is 15.0. The largest absolute Gasteiger partial charge is 0.497 e. The van der Waals surface area contributed by atoms with Crippen LogP contribution >= 0.6 is 11.3 Å². The highest BCUT2D eigenvalue weighted by Crippen LogP contribution is 2.24. The molecule has 6 nitrogen and oxygen atoms in total. The third-order valence-electron chi connectivity index (χ3n) is 5.32. The van der Waals surface area contributed by atoms with Gasteiger partial charge in [-0.15, -0.1) is 11.3 Å². The Balaban J connectivity index is 1.47. The number of hydrogen-bond acceptors (Lipinski definition) is 6. The Kier molecular flexibility index (Phi) is 6.63. The average Bonchev–Trinajstić information content (AvgIpc) is 3.18. The Morgan fingerprint density at radius 2 is 2.10 bits per heavy atom. The van der Waals surface area contributed by atoms with Crippen LogP contribution in [0.5, 0.6) is 5.75 Å². The summed E-state index contributed by atoms with van der Waals surface area (Å²) in [5.74, 6) is 0.937. The van der Waals surface area contributed by atoms with Crippen LogP contribution in [0.1, 0.15) is 39.3 Å². The molecule has 0 aliphatic carbocycles. The van der Waals surface area contributed by atoms with Gasteiger partial charge in [0.1, 0.15) is 11.9 Å². The minimum absolute atomic E-state index is 0.0860. The number of methoxy groups -OCH3 is 1. The highest BCUT2D eigenvalue weighted by atomic mass is 32.1. The second kappa shape index (κ2) is 9.58. The maximum Gasteiger partial charge on any atom is 0.228 e. The van der Waals surface area contributed by atoms with Crippen LogP contribution in [0.15, 0.2) is 41.8 Å². The van der Waals surface area contributed by atoms with Crippen molar-refractivity contribution in [3.05, 3.63) is 75.0 Å². The van der Waals surface area contributed by atoms with Crippen molar-refractivity contribution in [3.63, 3.8) is 0 Å². The van der Waals surface area contributed by atoms with E-state index in [0.29, 0.717) is 26.1 Å². The van der Waals surface area contributed by atoms with E-state index in [4.69, 9.17) is 14.5 Å². The topological polar surface area (TPSA) is 64.5 Å². The normalized spacial score (nSPS) is 16.4. The van der Waals surface area contributed by atoms with Crippen LogP contribution in [0, 0.1) is 13.8 Å². The molecule has 3 aromatic rings. The van der Waals surface area contributed by atoms with Gasteiger partial charge in [-0.1, -0.05) is 12.1 Å². The summed E-state index contributed by atoms with van der Waals surface area (Å²) in [5, 5.41) is 2.94. The molecule has 1 amide bonds. The number of rotatable bonds is 6. The molecule has 1 unspecified atom stereocenters. The number of nitrogens with zero attached hydrogens (tertiary/aromatic N) is 3. The third kappa shape index (κ3) is 5.48. The molecule has 1 aliphatic rings. The van der Waals surface area contributed by atoms with Crippen molar-refractivity contribution in [1.29, 1.82) is 0 Å². The monoisotopic (exact) mass is 437 g/mol. The van der Waals surface area contributed by atoms with Gasteiger partial charge in [0, 0.05) is 17.6 Å². The summed E-state index contributed by atoms with van der Waals surface area (Å²) in [4.78, 5) is 23.8. The second-order valence-electron chi connectivity index (χ2n) is 7.80. The van der Waals surface area contributed by atoms with E-state index in [0.717, 1.165) is 34.3 Å². The Bertz CT molecular complexity index is 1070. The molecule has 0 N–H and O–H groups in total. The maximum absolute atomic E-state index is 12.8. The highest BCUT2D eigenvalue weighted by molar-refractivity contribution is 7.09. The number of aryl methyl sites for hydroxylation is 2. The minimum Gasteiger partial charge on any atom is -0.497 e. The number of carbonyl (C=O) groups is 1. The van der Waals surface area contributed by atoms with E-state index < -0.39 is 0 Å². The number of pyridine rings is 1. The number of amides is 1. The first-order valence-electron chi connectivity index (χ1n) is 10.4. The summed E-state index contributed by atoms with van der Waals surface area (Å²) in [7, 11) is 1.68. The van der Waals surface area contributed by atoms with Gasteiger partial charge in [0.15, 0.2) is 0 Å². The molecule has 7 heteroatoms. The molecule has 1 aromatic carbocycles. The Morgan fingerprint density at radius 1 is 1.23 bits per heavy atom. The van der Waals surface area contributed by atoms with Crippen LogP contribution in [0.2, 0.25) is 0 Å². The van der Waals surface area contributed by atoms with Gasteiger partial charge < -0.3 is 14.4 Å². The Labute approximate surface area is 186 Å². The quantitative estimate of drug-likeness (QED) is 0.585. The molecule has 1 atom stereocenters. The van der Waals surface area contributed by atoms with Crippen molar-refractivity contribution in [1.82, 2.24) is 14.9 Å². The van der Waals surface area contributed by atoms with Gasteiger partial charge in [-0.05, 0) is 55.7 Å². The summed E-state index contributed by atoms with van der Waals surface area (Å²) in [6.07, 6.45) is 0.893. The Hall–Kier alpha value is -2.77. The lowest BCUT2D eigenvalue weighted by atomic mass is 10.0. The smallest absolute Gasteiger partial charge is 0.228 e. The number of benzene rings is 1. The molecule has 2 aromatic heterocycles. The van der Waals surface area contributed by atoms with Gasteiger partial charge in [0.25, 0.3) is 0 Å². The van der Waals surface area contributed by atoms with E-state index in [2.05, 4.69) is 23.2 Å². The third-order valence-corrected chi connectivity index (χ3v) is 6.15. The molecular weight excluding hydrogens is 410 g/mol. The van der Waals surface area contributed by atoms with Gasteiger partial charge in [0.2, 0.25) is 5.91 Å². The molecule has 0 spiro atoms. The maximum atomic E-state index is 12.8. The zero-order chi connectivity index (χ0) is 21.8. The number of aromatic nitrogens is 2. The minimum atomic E-state index is -0.223. The summed E-state index contributed by atoms with van der Waals surface area (Å²) in [5.41, 5.74) is 5.00. The number of carbonyl (C=O) groups excluding carboxylic acids is 1. The van der Waals surface area contributed by atoms with Crippen molar-refractivity contribution in [2.45, 2.75) is 32.8 Å². The van der Waals surface area contributed by atoms with E-state index in [-0.39, 0.29) is 12.0 Å². The summed E-state index contributed by atoms with van der Waals surface area (Å²) >= 11 is 1.57. The Morgan fingerprint density at radius 3 is 2.87 bits per heavy atom. The summed E-state index contributed by atoms with van der Waals surface area (Å²) in [6.45, 7) is 5.57. The van der Waals surface area contributed by atoms with Gasteiger partial charge in [-0.25, -0.2) is 4.98 Å². The van der Waals surface area contributed by atoms with Gasteiger partial charge in [-0.3, -0.25) is 9.78 Å². The molecule has 1 fully saturated rings. The predicted molar refractivity (Wildman–Crippen MR) is 121 cm³/mol. The SMILES string of the molecule is COc1cccc(Cc2cc(C)nc(C3CN(C(=O)Cc4csc(C)n4)CCO3)c2)c1. The number of thiazole rings is 1. The molecular formula is C24H27N3O3S. The summed E-state index contributed by atoms with van der Waals surface area (Å²) in [6, 6.07) is 12.3. The van der Waals surface area contributed by atoms with Crippen LogP contribution in [-0.2, 0) is 22.4 Å². The number of morpholine rings is 1. The van der Waals surface area contributed by atoms with Gasteiger partial charge in [-0.2, -0.15) is 0 Å². The molecule has 31 heavy (non-hydrogen) atoms. The van der Waals surface area contributed by atoms with Crippen LogP contribution < -0.4 is 4.74 Å². The van der Waals surface area contributed by atoms with E-state index in [1.165, 1.54) is 11.1 Å². The van der Waals surface area contributed by atoms with Gasteiger partial charge >= 0.3 is 0 Å². The van der Waals surface area contributed by atoms with E-state index in [1.54, 1.807) is 18.4 Å². The lowest BCUT2D eigenvalue weighted by Gasteiger charge is -2.33. The molecule has 1 saturated heterocycles.